The number of anilines is 2. The lowest BCUT2D eigenvalue weighted by atomic mass is 10.1. The molecule has 7 nitrogen and oxygen atoms in total. The summed E-state index contributed by atoms with van der Waals surface area (Å²) in [6.45, 7) is 3.91. The highest BCUT2D eigenvalue weighted by Gasteiger charge is 2.21. The number of benzene rings is 2. The van der Waals surface area contributed by atoms with Crippen LogP contribution in [-0.2, 0) is 10.0 Å². The number of nitrogens with one attached hydrogen (secondary N) is 4. The Hall–Kier alpha value is -2.37. The van der Waals surface area contributed by atoms with Gasteiger partial charge in [-0.2, -0.15) is 0 Å². The van der Waals surface area contributed by atoms with E-state index in [4.69, 9.17) is 35.4 Å². The molecule has 0 saturated heterocycles. The molecule has 1 amide bonds. The minimum atomic E-state index is -3.91. The van der Waals surface area contributed by atoms with E-state index in [9.17, 15) is 13.2 Å². The van der Waals surface area contributed by atoms with Gasteiger partial charge in [-0.25, -0.2) is 8.42 Å². The van der Waals surface area contributed by atoms with Crippen LogP contribution in [0.5, 0.6) is 0 Å². The number of carbonyl (C=O) groups is 1. The van der Waals surface area contributed by atoms with Gasteiger partial charge >= 0.3 is 0 Å². The summed E-state index contributed by atoms with van der Waals surface area (Å²) in [7, 11) is -3.91. The molecule has 2 aromatic carbocycles. The van der Waals surface area contributed by atoms with E-state index in [0.29, 0.717) is 5.56 Å². The van der Waals surface area contributed by atoms with E-state index in [1.807, 2.05) is 32.0 Å². The van der Waals surface area contributed by atoms with Crippen LogP contribution in [0.4, 0.5) is 11.4 Å². The van der Waals surface area contributed by atoms with Crippen molar-refractivity contribution in [3.8, 4) is 0 Å². The normalized spacial score (nSPS) is 11.0. The summed E-state index contributed by atoms with van der Waals surface area (Å²) in [6, 6.07) is 13.0. The molecule has 32 heavy (non-hydrogen) atoms. The number of halogens is 2. The molecular formula is C20H18Cl2N4O3S3. The quantitative estimate of drug-likeness (QED) is 0.271. The summed E-state index contributed by atoms with van der Waals surface area (Å²) in [5, 5.41) is 3.25. The molecule has 3 rings (SSSR count). The van der Waals surface area contributed by atoms with E-state index in [0.717, 1.165) is 28.2 Å². The third-order valence-electron chi connectivity index (χ3n) is 4.25. The number of thiocarbonyl (C=S) groups is 1. The second kappa shape index (κ2) is 10.1. The van der Waals surface area contributed by atoms with E-state index >= 15 is 0 Å². The molecule has 0 atom stereocenters. The van der Waals surface area contributed by atoms with Gasteiger partial charge in [-0.1, -0.05) is 35.3 Å². The fraction of sp³-hybridized carbons (Fsp3) is 0.100. The molecule has 1 heterocycles. The summed E-state index contributed by atoms with van der Waals surface area (Å²) in [5.41, 5.74) is 8.62. The van der Waals surface area contributed by atoms with Crippen LogP contribution in [0.1, 0.15) is 21.5 Å². The summed E-state index contributed by atoms with van der Waals surface area (Å²) >= 11 is 17.9. The maximum absolute atomic E-state index is 12.5. The number of amides is 1. The first-order chi connectivity index (χ1) is 15.0. The summed E-state index contributed by atoms with van der Waals surface area (Å²) in [5.74, 6) is -0.447. The van der Waals surface area contributed by atoms with Gasteiger partial charge in [0, 0.05) is 16.9 Å². The molecule has 0 radical (unpaired) electrons. The van der Waals surface area contributed by atoms with Crippen LogP contribution >= 0.6 is 46.8 Å². The lowest BCUT2D eigenvalue weighted by Crippen LogP contribution is -2.43. The Labute approximate surface area is 205 Å². The predicted molar refractivity (Wildman–Crippen MR) is 134 cm³/mol. The lowest BCUT2D eigenvalue weighted by molar-refractivity contribution is 0.0944. The Morgan fingerprint density at radius 1 is 1.00 bits per heavy atom. The van der Waals surface area contributed by atoms with Crippen molar-refractivity contribution in [3.05, 3.63) is 73.9 Å². The molecule has 0 bridgehead atoms. The van der Waals surface area contributed by atoms with Crippen LogP contribution in [0.25, 0.3) is 0 Å². The molecule has 0 unspecified atom stereocenters. The minimum absolute atomic E-state index is 0.0648. The molecule has 1 aromatic heterocycles. The Balaban J connectivity index is 1.58. The molecule has 0 aliphatic heterocycles. The number of aryl methyl sites for hydroxylation is 2. The Morgan fingerprint density at radius 2 is 1.69 bits per heavy atom. The molecular weight excluding hydrogens is 511 g/mol. The van der Waals surface area contributed by atoms with E-state index in [1.165, 1.54) is 30.3 Å². The third-order valence-corrected chi connectivity index (χ3v) is 7.58. The van der Waals surface area contributed by atoms with Gasteiger partial charge < -0.3 is 5.32 Å². The predicted octanol–water partition coefficient (Wildman–Crippen LogP) is 5.10. The second-order valence-electron chi connectivity index (χ2n) is 6.72. The first-order valence-electron chi connectivity index (χ1n) is 9.07. The van der Waals surface area contributed by atoms with Crippen molar-refractivity contribution in [1.29, 1.82) is 0 Å². The van der Waals surface area contributed by atoms with Gasteiger partial charge in [-0.3, -0.25) is 20.4 Å². The first kappa shape index (κ1) is 24.3. The Bertz CT molecular complexity index is 1280. The smallest absolute Gasteiger partial charge is 0.269 e. The SMILES string of the molecule is Cc1ccc(C)c(NC(=S)NNC(=O)c2ccc(NS(=O)(=O)c3cc(Cl)sc3Cl)cc2)c1. The Morgan fingerprint density at radius 3 is 2.31 bits per heavy atom. The number of hydrogen-bond acceptors (Lipinski definition) is 5. The number of thiophene rings is 1. The average molecular weight is 529 g/mol. The van der Waals surface area contributed by atoms with Crippen molar-refractivity contribution in [1.82, 2.24) is 10.9 Å². The van der Waals surface area contributed by atoms with Gasteiger partial charge in [-0.15, -0.1) is 11.3 Å². The number of hydrogen-bond donors (Lipinski definition) is 4. The number of hydrazine groups is 1. The molecule has 0 saturated carbocycles. The van der Waals surface area contributed by atoms with Crippen molar-refractivity contribution < 1.29 is 13.2 Å². The second-order valence-corrected chi connectivity index (χ2v) is 11.1. The first-order valence-corrected chi connectivity index (χ1v) is 12.5. The zero-order valence-electron chi connectivity index (χ0n) is 16.8. The highest BCUT2D eigenvalue weighted by molar-refractivity contribution is 7.93. The maximum Gasteiger partial charge on any atom is 0.269 e. The summed E-state index contributed by atoms with van der Waals surface area (Å²) in [4.78, 5) is 12.3. The van der Waals surface area contributed by atoms with E-state index in [2.05, 4.69) is 20.9 Å². The number of rotatable bonds is 5. The van der Waals surface area contributed by atoms with E-state index in [1.54, 1.807) is 0 Å². The van der Waals surface area contributed by atoms with Crippen LogP contribution in [0.15, 0.2) is 53.4 Å². The molecule has 4 N–H and O–H groups in total. The summed E-state index contributed by atoms with van der Waals surface area (Å²) in [6.07, 6.45) is 0. The van der Waals surface area contributed by atoms with Crippen LogP contribution in [0, 0.1) is 13.8 Å². The van der Waals surface area contributed by atoms with Gasteiger partial charge in [0.15, 0.2) is 5.11 Å². The van der Waals surface area contributed by atoms with E-state index in [-0.39, 0.29) is 24.4 Å². The van der Waals surface area contributed by atoms with Crippen molar-refractivity contribution in [2.75, 3.05) is 10.0 Å². The van der Waals surface area contributed by atoms with Gasteiger partial charge in [-0.05, 0) is 73.6 Å². The standard InChI is InChI=1S/C20H18Cl2N4O3S3/c1-11-3-4-12(2)15(9-11)23-20(30)25-24-19(27)13-5-7-14(8-6-13)26-32(28,29)16-10-17(21)31-18(16)22/h3-10,26H,1-2H3,(H,24,27)(H2,23,25,30). The highest BCUT2D eigenvalue weighted by Crippen LogP contribution is 2.35. The largest absolute Gasteiger partial charge is 0.331 e. The zero-order valence-corrected chi connectivity index (χ0v) is 20.8. The molecule has 0 aliphatic carbocycles. The lowest BCUT2D eigenvalue weighted by Gasteiger charge is -2.14. The van der Waals surface area contributed by atoms with Crippen molar-refractivity contribution in [2.24, 2.45) is 0 Å². The topological polar surface area (TPSA) is 99.3 Å². The third kappa shape index (κ3) is 6.11. The van der Waals surface area contributed by atoms with Crippen molar-refractivity contribution in [2.45, 2.75) is 18.7 Å². The maximum atomic E-state index is 12.5. The molecule has 12 heteroatoms. The fourth-order valence-electron chi connectivity index (χ4n) is 2.62. The molecule has 0 spiro atoms. The zero-order chi connectivity index (χ0) is 23.5. The van der Waals surface area contributed by atoms with Crippen LogP contribution < -0.4 is 20.9 Å². The molecule has 0 aliphatic rings. The molecule has 0 fully saturated rings. The van der Waals surface area contributed by atoms with E-state index < -0.39 is 15.9 Å². The van der Waals surface area contributed by atoms with Gasteiger partial charge in [0.2, 0.25) is 0 Å². The van der Waals surface area contributed by atoms with Gasteiger partial charge in [0.05, 0.1) is 4.34 Å². The van der Waals surface area contributed by atoms with Gasteiger partial charge in [0.25, 0.3) is 15.9 Å². The molecule has 3 aromatic rings. The minimum Gasteiger partial charge on any atom is -0.331 e. The van der Waals surface area contributed by atoms with Crippen LogP contribution in [0.3, 0.4) is 0 Å². The van der Waals surface area contributed by atoms with Crippen molar-refractivity contribution >= 4 is 79.2 Å². The van der Waals surface area contributed by atoms with Crippen LogP contribution in [0.2, 0.25) is 8.67 Å². The number of sulfonamides is 1. The van der Waals surface area contributed by atoms with Crippen molar-refractivity contribution in [3.63, 3.8) is 0 Å². The highest BCUT2D eigenvalue weighted by atomic mass is 35.5. The summed E-state index contributed by atoms with van der Waals surface area (Å²) < 4.78 is 27.7. The average Bonchev–Trinajstić information content (AvgIpc) is 3.08. The van der Waals surface area contributed by atoms with Gasteiger partial charge in [0.1, 0.15) is 9.23 Å². The molecule has 168 valence electrons. The van der Waals surface area contributed by atoms with Crippen LogP contribution in [-0.4, -0.2) is 19.4 Å². The Kier molecular flexibility index (Phi) is 7.63. The monoisotopic (exact) mass is 528 g/mol. The fourth-order valence-corrected chi connectivity index (χ4v) is 5.99. The number of carbonyl (C=O) groups excluding carboxylic acids is 1.